The smallest absolute Gasteiger partial charge is 0.319 e. The minimum absolute atomic E-state index is 0.102. The summed E-state index contributed by atoms with van der Waals surface area (Å²) in [7, 11) is -3.01. The predicted octanol–water partition coefficient (Wildman–Crippen LogP) is 1.54. The molecule has 0 spiro atoms. The number of alkyl halides is 2. The van der Waals surface area contributed by atoms with Gasteiger partial charge in [-0.3, -0.25) is 13.7 Å². The second-order valence-electron chi connectivity index (χ2n) is 6.09. The first kappa shape index (κ1) is 17.5. The van der Waals surface area contributed by atoms with Crippen LogP contribution in [0, 0.1) is 0 Å². The summed E-state index contributed by atoms with van der Waals surface area (Å²) in [5.41, 5.74) is 3.60. The Balaban J connectivity index is 1.82. The van der Waals surface area contributed by atoms with Crippen molar-refractivity contribution in [3.05, 3.63) is 6.33 Å². The molecule has 2 saturated heterocycles. The number of ether oxygens (including phenoxy) is 2. The average Bonchev–Trinajstić information content (AvgIpc) is 3.06. The topological polar surface area (TPSA) is 124 Å². The molecule has 2 aliphatic rings. The molecule has 13 heteroatoms. The number of hydrogen-bond donors (Lipinski definition) is 1. The molecule has 2 aromatic heterocycles. The van der Waals surface area contributed by atoms with Gasteiger partial charge in [0.15, 0.2) is 29.2 Å². The largest absolute Gasteiger partial charge is 0.476 e. The zero-order valence-corrected chi connectivity index (χ0v) is 14.8. The van der Waals surface area contributed by atoms with Crippen LogP contribution in [0.4, 0.5) is 14.7 Å². The summed E-state index contributed by atoms with van der Waals surface area (Å²) in [6, 6.07) is 0. The predicted molar refractivity (Wildman–Crippen MR) is 84.2 cm³/mol. The minimum atomic E-state index is -3.01. The highest BCUT2D eigenvalue weighted by Crippen LogP contribution is 2.55. The van der Waals surface area contributed by atoms with E-state index in [9.17, 15) is 8.96 Å². The van der Waals surface area contributed by atoms with Gasteiger partial charge in [0, 0.05) is 0 Å². The van der Waals surface area contributed by atoms with Crippen molar-refractivity contribution in [3.8, 4) is 5.88 Å². The molecule has 2 aliphatic heterocycles. The fraction of sp³-hybridized carbons (Fsp3) is 0.615. The molecule has 1 unspecified atom stereocenters. The number of nitrogens with zero attached hydrogens (tertiary/aromatic N) is 4. The summed E-state index contributed by atoms with van der Waals surface area (Å²) in [5.74, 6) is -2.62. The molecule has 2 fully saturated rings. The van der Waals surface area contributed by atoms with Gasteiger partial charge in [-0.2, -0.15) is 9.97 Å². The van der Waals surface area contributed by atoms with Crippen LogP contribution < -0.4 is 10.5 Å². The van der Waals surface area contributed by atoms with Crippen molar-refractivity contribution < 1.29 is 31.9 Å². The molecule has 5 atom stereocenters. The lowest BCUT2D eigenvalue weighted by Gasteiger charge is -2.32. The fourth-order valence-electron chi connectivity index (χ4n) is 3.16. The van der Waals surface area contributed by atoms with Gasteiger partial charge in [-0.1, -0.05) is 0 Å². The van der Waals surface area contributed by atoms with Gasteiger partial charge in [0.05, 0.1) is 12.9 Å². The van der Waals surface area contributed by atoms with Crippen LogP contribution in [-0.2, 0) is 18.3 Å². The van der Waals surface area contributed by atoms with Gasteiger partial charge in [-0.25, -0.2) is 13.8 Å². The second-order valence-corrected chi connectivity index (χ2v) is 7.11. The van der Waals surface area contributed by atoms with E-state index in [0.29, 0.717) is 6.61 Å². The van der Waals surface area contributed by atoms with E-state index in [1.165, 1.54) is 10.9 Å². The molecule has 0 aromatic carbocycles. The number of aromatic nitrogens is 4. The van der Waals surface area contributed by atoms with Crippen molar-refractivity contribution in [2.75, 3.05) is 18.9 Å². The SMILES string of the molecule is CCOc1nc(N)nc2c1ncn2[C@@H]1O[C@]2(F)CO[PH](=O)O[C@H]2[C@@]1(C)F. The number of fused-ring (bicyclic) bond motifs is 2. The summed E-state index contributed by atoms with van der Waals surface area (Å²) in [6.45, 7) is 2.43. The number of nitrogens with two attached hydrogens (primary N) is 1. The van der Waals surface area contributed by atoms with Gasteiger partial charge in [0.1, 0.15) is 6.61 Å². The monoisotopic (exact) mass is 391 g/mol. The number of halogens is 2. The van der Waals surface area contributed by atoms with E-state index in [-0.39, 0.29) is 23.0 Å². The number of imidazole rings is 1. The van der Waals surface area contributed by atoms with Crippen LogP contribution in [0.3, 0.4) is 0 Å². The van der Waals surface area contributed by atoms with Gasteiger partial charge in [0.25, 0.3) is 5.85 Å². The van der Waals surface area contributed by atoms with Crippen LogP contribution in [0.2, 0.25) is 0 Å². The highest BCUT2D eigenvalue weighted by Gasteiger charge is 2.68. The summed E-state index contributed by atoms with van der Waals surface area (Å²) in [6.07, 6.45) is -2.03. The van der Waals surface area contributed by atoms with Crippen molar-refractivity contribution in [1.29, 1.82) is 0 Å². The van der Waals surface area contributed by atoms with Gasteiger partial charge in [-0.05, 0) is 13.8 Å². The molecule has 0 saturated carbocycles. The third kappa shape index (κ3) is 2.48. The number of anilines is 1. The van der Waals surface area contributed by atoms with Crippen molar-refractivity contribution in [2.24, 2.45) is 0 Å². The van der Waals surface area contributed by atoms with E-state index < -0.39 is 38.7 Å². The molecule has 0 radical (unpaired) electrons. The van der Waals surface area contributed by atoms with Crippen molar-refractivity contribution in [3.63, 3.8) is 0 Å². The standard InChI is InChI=1S/C13H16F2N5O5P/c1-3-22-8-6-7(18-11(16)19-8)20(5-17-6)10-12(2,14)9-13(15,24-10)4-23-26(21)25-9/h5,9-10,26H,3-4H2,1-2H3,(H2,16,18,19)/t9-,10+,12+,13+/m0/s1. The number of nitrogen functional groups attached to an aromatic ring is 1. The molecule has 0 amide bonds. The molecular formula is C13H16F2N5O5P. The lowest BCUT2D eigenvalue weighted by molar-refractivity contribution is -0.211. The first-order chi connectivity index (χ1) is 12.3. The Morgan fingerprint density at radius 2 is 2.27 bits per heavy atom. The molecular weight excluding hydrogens is 375 g/mol. The number of rotatable bonds is 3. The van der Waals surface area contributed by atoms with Gasteiger partial charge in [-0.15, -0.1) is 0 Å². The zero-order valence-electron chi connectivity index (χ0n) is 13.8. The summed E-state index contributed by atoms with van der Waals surface area (Å²) in [4.78, 5) is 12.1. The fourth-order valence-corrected chi connectivity index (χ4v) is 4.14. The Morgan fingerprint density at radius 3 is 3.00 bits per heavy atom. The van der Waals surface area contributed by atoms with E-state index in [4.69, 9.17) is 19.7 Å². The Kier molecular flexibility index (Phi) is 3.92. The minimum Gasteiger partial charge on any atom is -0.476 e. The highest BCUT2D eigenvalue weighted by atomic mass is 31.1. The summed E-state index contributed by atoms with van der Waals surface area (Å²) >= 11 is 0. The van der Waals surface area contributed by atoms with Crippen LogP contribution >= 0.6 is 8.25 Å². The van der Waals surface area contributed by atoms with E-state index in [2.05, 4.69) is 19.5 Å². The molecule has 142 valence electrons. The van der Waals surface area contributed by atoms with Crippen LogP contribution in [0.5, 0.6) is 5.88 Å². The van der Waals surface area contributed by atoms with Crippen molar-refractivity contribution in [1.82, 2.24) is 19.5 Å². The zero-order chi connectivity index (χ0) is 18.7. The molecule has 2 N–H and O–H groups in total. The normalized spacial score (nSPS) is 37.0. The van der Waals surface area contributed by atoms with Crippen molar-refractivity contribution >= 4 is 25.4 Å². The van der Waals surface area contributed by atoms with E-state index in [1.54, 1.807) is 6.92 Å². The molecule has 4 rings (SSSR count). The van der Waals surface area contributed by atoms with Crippen LogP contribution in [-0.4, -0.2) is 50.4 Å². The Hall–Kier alpha value is -1.88. The molecule has 2 aromatic rings. The quantitative estimate of drug-likeness (QED) is 0.776. The second kappa shape index (κ2) is 5.81. The summed E-state index contributed by atoms with van der Waals surface area (Å²) in [5, 5.41) is 0. The van der Waals surface area contributed by atoms with Gasteiger partial charge < -0.3 is 19.7 Å². The number of hydrogen-bond acceptors (Lipinski definition) is 9. The summed E-state index contributed by atoms with van der Waals surface area (Å²) < 4.78 is 63.3. The van der Waals surface area contributed by atoms with Gasteiger partial charge in [0.2, 0.25) is 11.8 Å². The maximum Gasteiger partial charge on any atom is 0.319 e. The third-order valence-corrected chi connectivity index (χ3v) is 5.04. The average molecular weight is 391 g/mol. The van der Waals surface area contributed by atoms with E-state index in [1.807, 2.05) is 0 Å². The molecule has 0 aliphatic carbocycles. The maximum absolute atomic E-state index is 15.4. The molecule has 0 bridgehead atoms. The van der Waals surface area contributed by atoms with Crippen molar-refractivity contribution in [2.45, 2.75) is 37.7 Å². The maximum atomic E-state index is 15.4. The van der Waals surface area contributed by atoms with Crippen LogP contribution in [0.1, 0.15) is 20.1 Å². The van der Waals surface area contributed by atoms with E-state index in [0.717, 1.165) is 6.92 Å². The third-order valence-electron chi connectivity index (χ3n) is 4.24. The van der Waals surface area contributed by atoms with Crippen LogP contribution in [0.25, 0.3) is 11.2 Å². The first-order valence-electron chi connectivity index (χ1n) is 7.78. The Morgan fingerprint density at radius 1 is 1.50 bits per heavy atom. The highest BCUT2D eigenvalue weighted by molar-refractivity contribution is 7.33. The first-order valence-corrected chi connectivity index (χ1v) is 9.00. The Labute approximate surface area is 146 Å². The van der Waals surface area contributed by atoms with Crippen LogP contribution in [0.15, 0.2) is 6.33 Å². The van der Waals surface area contributed by atoms with Gasteiger partial charge >= 0.3 is 8.25 Å². The van der Waals surface area contributed by atoms with E-state index >= 15 is 4.39 Å². The molecule has 10 nitrogen and oxygen atoms in total. The molecule has 26 heavy (non-hydrogen) atoms. The lowest BCUT2D eigenvalue weighted by atomic mass is 9.97. The lowest BCUT2D eigenvalue weighted by Crippen LogP contribution is -2.49. The molecule has 4 heterocycles. The Bertz CT molecular complexity index is 895.